The Morgan fingerprint density at radius 3 is 2.44 bits per heavy atom. The average Bonchev–Trinajstić information content (AvgIpc) is 2.70. The van der Waals surface area contributed by atoms with Gasteiger partial charge in [0.2, 0.25) is 0 Å². The molecule has 0 aliphatic heterocycles. The molecule has 2 atom stereocenters. The predicted molar refractivity (Wildman–Crippen MR) is 84.2 cm³/mol. The van der Waals surface area contributed by atoms with E-state index in [9.17, 15) is 4.79 Å². The van der Waals surface area contributed by atoms with Gasteiger partial charge >= 0.3 is 0 Å². The van der Waals surface area contributed by atoms with E-state index < -0.39 is 0 Å². The zero-order valence-corrected chi connectivity index (χ0v) is 14.5. The first-order valence-corrected chi connectivity index (χ1v) is 8.43. The number of benzene rings is 1. The summed E-state index contributed by atoms with van der Waals surface area (Å²) in [5.41, 5.74) is 0.685. The summed E-state index contributed by atoms with van der Waals surface area (Å²) in [6.45, 7) is 0.769. The number of carbonyl (C=O) groups excluding carboxylic acids is 1. The predicted octanol–water partition coefficient (Wildman–Crippen LogP) is 4.51. The summed E-state index contributed by atoms with van der Waals surface area (Å²) < 4.78 is 1.81. The summed E-state index contributed by atoms with van der Waals surface area (Å²) in [4.78, 5) is 12.6. The molecule has 5 heteroatoms. The second kappa shape index (κ2) is 6.53. The van der Waals surface area contributed by atoms with Crippen molar-refractivity contribution in [1.29, 1.82) is 0 Å². The number of alkyl halides is 1. The lowest BCUT2D eigenvalue weighted by Crippen LogP contribution is -2.28. The van der Waals surface area contributed by atoms with E-state index in [2.05, 4.69) is 53.1 Å². The highest BCUT2D eigenvalue weighted by atomic mass is 79.9. The molecule has 0 bridgehead atoms. The third kappa shape index (κ3) is 4.07. The molecule has 2 unspecified atom stereocenters. The maximum absolute atomic E-state index is 12.0. The van der Waals surface area contributed by atoms with Crippen LogP contribution in [0.2, 0.25) is 0 Å². The van der Waals surface area contributed by atoms with Gasteiger partial charge in [0.1, 0.15) is 0 Å². The van der Waals surface area contributed by atoms with Crippen molar-refractivity contribution in [3.8, 4) is 0 Å². The quantitative estimate of drug-likeness (QED) is 0.690. The van der Waals surface area contributed by atoms with Crippen molar-refractivity contribution < 1.29 is 4.79 Å². The molecule has 1 amide bonds. The van der Waals surface area contributed by atoms with Gasteiger partial charge in [-0.2, -0.15) is 0 Å². The molecule has 1 aromatic rings. The molecule has 1 fully saturated rings. The number of hydrogen-bond donors (Lipinski definition) is 1. The van der Waals surface area contributed by atoms with Crippen molar-refractivity contribution in [3.63, 3.8) is 0 Å². The van der Waals surface area contributed by atoms with Crippen LogP contribution >= 0.6 is 47.8 Å². The summed E-state index contributed by atoms with van der Waals surface area (Å²) in [5, 5.41) is 3.01. The van der Waals surface area contributed by atoms with Crippen LogP contribution in [-0.2, 0) is 0 Å². The Morgan fingerprint density at radius 1 is 1.22 bits per heavy atom. The van der Waals surface area contributed by atoms with Crippen molar-refractivity contribution >= 4 is 53.7 Å². The van der Waals surface area contributed by atoms with Gasteiger partial charge in [0.25, 0.3) is 5.91 Å². The van der Waals surface area contributed by atoms with Gasteiger partial charge in [-0.1, -0.05) is 47.8 Å². The van der Waals surface area contributed by atoms with Gasteiger partial charge in [-0.3, -0.25) is 4.79 Å². The van der Waals surface area contributed by atoms with Crippen LogP contribution in [0, 0.1) is 5.92 Å². The number of halogens is 3. The molecule has 0 heterocycles. The fraction of sp³-hybridized carbons (Fsp3) is 0.462. The monoisotopic (exact) mass is 437 g/mol. The van der Waals surface area contributed by atoms with Crippen LogP contribution in [0.5, 0.6) is 0 Å². The molecule has 2 rings (SSSR count). The molecular weight excluding hydrogens is 426 g/mol. The van der Waals surface area contributed by atoms with Crippen LogP contribution in [0.4, 0.5) is 0 Å². The number of hydrogen-bond acceptors (Lipinski definition) is 1. The maximum Gasteiger partial charge on any atom is 0.251 e. The largest absolute Gasteiger partial charge is 0.352 e. The van der Waals surface area contributed by atoms with E-state index in [1.165, 1.54) is 12.8 Å². The molecule has 0 radical (unpaired) electrons. The molecule has 2 nitrogen and oxygen atoms in total. The van der Waals surface area contributed by atoms with Crippen molar-refractivity contribution in [1.82, 2.24) is 5.32 Å². The van der Waals surface area contributed by atoms with E-state index in [1.54, 1.807) is 0 Å². The SMILES string of the molecule is O=C(NCC1CCC(Br)C1)c1cc(Br)cc(Br)c1. The first-order chi connectivity index (χ1) is 8.54. The number of nitrogens with one attached hydrogen (secondary N) is 1. The van der Waals surface area contributed by atoms with Crippen molar-refractivity contribution in [3.05, 3.63) is 32.7 Å². The molecule has 1 aliphatic rings. The van der Waals surface area contributed by atoms with Gasteiger partial charge < -0.3 is 5.32 Å². The van der Waals surface area contributed by atoms with E-state index in [0.29, 0.717) is 16.3 Å². The van der Waals surface area contributed by atoms with Crippen LogP contribution < -0.4 is 5.32 Å². The second-order valence-corrected chi connectivity index (χ2v) is 7.77. The average molecular weight is 440 g/mol. The summed E-state index contributed by atoms with van der Waals surface area (Å²) >= 11 is 10.4. The molecule has 0 saturated heterocycles. The Kier molecular flexibility index (Phi) is 5.27. The van der Waals surface area contributed by atoms with Crippen LogP contribution in [0.25, 0.3) is 0 Å². The molecule has 0 aromatic heterocycles. The van der Waals surface area contributed by atoms with E-state index in [-0.39, 0.29) is 5.91 Å². The first kappa shape index (κ1) is 14.5. The van der Waals surface area contributed by atoms with Gasteiger partial charge in [-0.25, -0.2) is 0 Å². The Morgan fingerprint density at radius 2 is 1.89 bits per heavy atom. The van der Waals surface area contributed by atoms with Crippen LogP contribution in [0.1, 0.15) is 29.6 Å². The fourth-order valence-corrected chi connectivity index (χ4v) is 4.31. The second-order valence-electron chi connectivity index (χ2n) is 4.64. The van der Waals surface area contributed by atoms with Gasteiger partial charge in [-0.15, -0.1) is 0 Å². The van der Waals surface area contributed by atoms with E-state index in [0.717, 1.165) is 21.9 Å². The zero-order chi connectivity index (χ0) is 13.1. The number of carbonyl (C=O) groups is 1. The summed E-state index contributed by atoms with van der Waals surface area (Å²) in [6, 6.07) is 5.59. The van der Waals surface area contributed by atoms with Gasteiger partial charge in [0.15, 0.2) is 0 Å². The third-order valence-electron chi connectivity index (χ3n) is 3.15. The Balaban J connectivity index is 1.91. The Bertz CT molecular complexity index is 430. The fourth-order valence-electron chi connectivity index (χ4n) is 2.22. The van der Waals surface area contributed by atoms with Gasteiger partial charge in [-0.05, 0) is 43.4 Å². The first-order valence-electron chi connectivity index (χ1n) is 5.93. The lowest BCUT2D eigenvalue weighted by molar-refractivity contribution is 0.0947. The Hall–Kier alpha value is 0.130. The summed E-state index contributed by atoms with van der Waals surface area (Å²) in [7, 11) is 0. The third-order valence-corrected chi connectivity index (χ3v) is 4.90. The van der Waals surface area contributed by atoms with Gasteiger partial charge in [0.05, 0.1) is 0 Å². The van der Waals surface area contributed by atoms with Crippen molar-refractivity contribution in [2.24, 2.45) is 5.92 Å². The van der Waals surface area contributed by atoms with E-state index >= 15 is 0 Å². The molecule has 0 spiro atoms. The molecule has 1 saturated carbocycles. The summed E-state index contributed by atoms with van der Waals surface area (Å²) in [6.07, 6.45) is 3.56. The smallest absolute Gasteiger partial charge is 0.251 e. The maximum atomic E-state index is 12.0. The molecule has 98 valence electrons. The van der Waals surface area contributed by atoms with Crippen LogP contribution in [0.3, 0.4) is 0 Å². The minimum absolute atomic E-state index is 0.00461. The lowest BCUT2D eigenvalue weighted by Gasteiger charge is -2.11. The lowest BCUT2D eigenvalue weighted by atomic mass is 10.1. The molecule has 1 N–H and O–H groups in total. The van der Waals surface area contributed by atoms with Crippen LogP contribution in [-0.4, -0.2) is 17.3 Å². The van der Waals surface area contributed by atoms with Crippen molar-refractivity contribution in [2.45, 2.75) is 24.1 Å². The highest BCUT2D eigenvalue weighted by molar-refractivity contribution is 9.11. The summed E-state index contributed by atoms with van der Waals surface area (Å²) in [5.74, 6) is 0.601. The zero-order valence-electron chi connectivity index (χ0n) is 9.76. The standard InChI is InChI=1S/C13H14Br3NO/c14-10-2-1-8(3-10)7-17-13(18)9-4-11(15)6-12(16)5-9/h4-6,8,10H,1-3,7H2,(H,17,18). The molecule has 1 aliphatic carbocycles. The number of rotatable bonds is 3. The molecule has 18 heavy (non-hydrogen) atoms. The minimum Gasteiger partial charge on any atom is -0.352 e. The normalized spacial score (nSPS) is 23.1. The highest BCUT2D eigenvalue weighted by Gasteiger charge is 2.22. The number of amides is 1. The van der Waals surface area contributed by atoms with Gasteiger partial charge in [0, 0.05) is 25.9 Å². The molecule has 1 aromatic carbocycles. The minimum atomic E-state index is -0.00461. The van der Waals surface area contributed by atoms with E-state index in [4.69, 9.17) is 0 Å². The molecular formula is C13H14Br3NO. The highest BCUT2D eigenvalue weighted by Crippen LogP contribution is 2.30. The Labute approximate surface area is 132 Å². The van der Waals surface area contributed by atoms with Crippen molar-refractivity contribution in [2.75, 3.05) is 6.54 Å². The van der Waals surface area contributed by atoms with E-state index in [1.807, 2.05) is 18.2 Å². The topological polar surface area (TPSA) is 29.1 Å². The van der Waals surface area contributed by atoms with Crippen LogP contribution in [0.15, 0.2) is 27.1 Å².